The highest BCUT2D eigenvalue weighted by Crippen LogP contribution is 2.19. The van der Waals surface area contributed by atoms with Crippen LogP contribution in [-0.2, 0) is 6.54 Å². The quantitative estimate of drug-likeness (QED) is 0.659. The SMILES string of the molecule is CCn1cc(C(=O)C(F)(F)F)nn1. The zero-order chi connectivity index (χ0) is 10.1. The average Bonchev–Trinajstić information content (AvgIpc) is 2.48. The lowest BCUT2D eigenvalue weighted by atomic mass is 10.3. The predicted molar refractivity (Wildman–Crippen MR) is 36.1 cm³/mol. The van der Waals surface area contributed by atoms with Crippen molar-refractivity contribution >= 4 is 5.78 Å². The second-order valence-corrected chi connectivity index (χ2v) is 2.29. The fraction of sp³-hybridized carbons (Fsp3) is 0.500. The number of aryl methyl sites for hydroxylation is 1. The third-order valence-electron chi connectivity index (χ3n) is 1.35. The molecule has 0 spiro atoms. The largest absolute Gasteiger partial charge is 0.456 e. The fourth-order valence-corrected chi connectivity index (χ4v) is 0.702. The Morgan fingerprint density at radius 1 is 1.62 bits per heavy atom. The maximum atomic E-state index is 11.8. The Bertz CT molecular complexity index is 317. The molecule has 1 rings (SSSR count). The first kappa shape index (κ1) is 9.69. The lowest BCUT2D eigenvalue weighted by molar-refractivity contribution is -0.0888. The van der Waals surface area contributed by atoms with Crippen molar-refractivity contribution in [3.8, 4) is 0 Å². The molecular formula is C6H6F3N3O. The minimum Gasteiger partial charge on any atom is -0.282 e. The summed E-state index contributed by atoms with van der Waals surface area (Å²) in [5.41, 5.74) is -0.672. The van der Waals surface area contributed by atoms with Gasteiger partial charge in [0.15, 0.2) is 5.69 Å². The summed E-state index contributed by atoms with van der Waals surface area (Å²) in [6.45, 7) is 2.05. The second-order valence-electron chi connectivity index (χ2n) is 2.29. The summed E-state index contributed by atoms with van der Waals surface area (Å²) >= 11 is 0. The Kier molecular flexibility index (Phi) is 2.35. The lowest BCUT2D eigenvalue weighted by Gasteiger charge is -1.99. The van der Waals surface area contributed by atoms with Gasteiger partial charge in [0.05, 0.1) is 6.20 Å². The minimum absolute atomic E-state index is 0.373. The van der Waals surface area contributed by atoms with Crippen LogP contribution in [0.25, 0.3) is 0 Å². The van der Waals surface area contributed by atoms with E-state index in [9.17, 15) is 18.0 Å². The van der Waals surface area contributed by atoms with Crippen molar-refractivity contribution in [2.75, 3.05) is 0 Å². The van der Waals surface area contributed by atoms with E-state index in [2.05, 4.69) is 10.3 Å². The molecule has 0 aliphatic heterocycles. The molecule has 0 atom stereocenters. The van der Waals surface area contributed by atoms with Gasteiger partial charge >= 0.3 is 6.18 Å². The third kappa shape index (κ3) is 2.04. The molecule has 0 amide bonds. The Morgan fingerprint density at radius 3 is 2.62 bits per heavy atom. The van der Waals surface area contributed by atoms with E-state index in [-0.39, 0.29) is 0 Å². The Labute approximate surface area is 71.3 Å². The number of rotatable bonds is 2. The Hall–Kier alpha value is -1.40. The number of aromatic nitrogens is 3. The maximum Gasteiger partial charge on any atom is 0.456 e. The zero-order valence-electron chi connectivity index (χ0n) is 6.67. The predicted octanol–water partition coefficient (Wildman–Crippen LogP) is 1.04. The molecular weight excluding hydrogens is 187 g/mol. The number of carbonyl (C=O) groups excluding carboxylic acids is 1. The molecule has 0 bridgehead atoms. The molecule has 0 aromatic carbocycles. The molecule has 1 aromatic heterocycles. The van der Waals surface area contributed by atoms with E-state index >= 15 is 0 Å². The van der Waals surface area contributed by atoms with Crippen LogP contribution in [0.5, 0.6) is 0 Å². The normalized spacial score (nSPS) is 11.7. The van der Waals surface area contributed by atoms with E-state index in [1.165, 1.54) is 0 Å². The van der Waals surface area contributed by atoms with Crippen LogP contribution < -0.4 is 0 Å². The number of hydrogen-bond acceptors (Lipinski definition) is 3. The molecule has 7 heteroatoms. The van der Waals surface area contributed by atoms with Gasteiger partial charge in [0.25, 0.3) is 5.78 Å². The molecule has 0 saturated carbocycles. The van der Waals surface area contributed by atoms with E-state index in [0.29, 0.717) is 6.54 Å². The van der Waals surface area contributed by atoms with Crippen molar-refractivity contribution in [1.82, 2.24) is 15.0 Å². The summed E-state index contributed by atoms with van der Waals surface area (Å²) in [4.78, 5) is 10.6. The molecule has 0 fully saturated rings. The van der Waals surface area contributed by atoms with E-state index in [4.69, 9.17) is 0 Å². The zero-order valence-corrected chi connectivity index (χ0v) is 6.67. The number of halogens is 3. The molecule has 0 saturated heterocycles. The van der Waals surface area contributed by atoms with Crippen LogP contribution in [0.1, 0.15) is 17.4 Å². The van der Waals surface area contributed by atoms with Crippen LogP contribution in [0.3, 0.4) is 0 Å². The summed E-state index contributed by atoms with van der Waals surface area (Å²) < 4.78 is 36.6. The highest BCUT2D eigenvalue weighted by Gasteiger charge is 2.41. The van der Waals surface area contributed by atoms with Crippen molar-refractivity contribution in [3.63, 3.8) is 0 Å². The molecule has 0 aliphatic rings. The average molecular weight is 193 g/mol. The van der Waals surface area contributed by atoms with Crippen LogP contribution in [0.2, 0.25) is 0 Å². The van der Waals surface area contributed by atoms with E-state index < -0.39 is 17.7 Å². The number of hydrogen-bond donors (Lipinski definition) is 0. The van der Waals surface area contributed by atoms with Gasteiger partial charge in [0.2, 0.25) is 0 Å². The third-order valence-corrected chi connectivity index (χ3v) is 1.35. The van der Waals surface area contributed by atoms with Gasteiger partial charge in [-0.1, -0.05) is 5.21 Å². The molecule has 1 aromatic rings. The van der Waals surface area contributed by atoms with Crippen molar-refractivity contribution in [2.45, 2.75) is 19.6 Å². The second kappa shape index (κ2) is 3.15. The molecule has 0 N–H and O–H groups in total. The number of ketones is 1. The summed E-state index contributed by atoms with van der Waals surface area (Å²) in [5, 5.41) is 6.41. The van der Waals surface area contributed by atoms with Crippen LogP contribution in [0, 0.1) is 0 Å². The van der Waals surface area contributed by atoms with Gasteiger partial charge < -0.3 is 0 Å². The summed E-state index contributed by atoms with van der Waals surface area (Å²) in [6.07, 6.45) is -3.91. The van der Waals surface area contributed by atoms with Gasteiger partial charge in [0, 0.05) is 6.54 Å². The van der Waals surface area contributed by atoms with Gasteiger partial charge in [-0.25, -0.2) is 0 Å². The van der Waals surface area contributed by atoms with E-state index in [1.807, 2.05) is 0 Å². The number of carbonyl (C=O) groups is 1. The van der Waals surface area contributed by atoms with Crippen LogP contribution in [0.4, 0.5) is 13.2 Å². The van der Waals surface area contributed by atoms with Crippen LogP contribution in [-0.4, -0.2) is 27.0 Å². The molecule has 13 heavy (non-hydrogen) atoms. The number of nitrogens with zero attached hydrogens (tertiary/aromatic N) is 3. The Balaban J connectivity index is 2.90. The highest BCUT2D eigenvalue weighted by molar-refractivity contribution is 5.98. The topological polar surface area (TPSA) is 47.8 Å². The Morgan fingerprint density at radius 2 is 2.23 bits per heavy atom. The van der Waals surface area contributed by atoms with Crippen molar-refractivity contribution < 1.29 is 18.0 Å². The standard InChI is InChI=1S/C6H6F3N3O/c1-2-12-3-4(10-11-12)5(13)6(7,8)9/h3H,2H2,1H3. The van der Waals surface area contributed by atoms with Gasteiger partial charge in [0.1, 0.15) is 0 Å². The van der Waals surface area contributed by atoms with Gasteiger partial charge in [-0.3, -0.25) is 9.48 Å². The van der Waals surface area contributed by atoms with E-state index in [1.54, 1.807) is 6.92 Å². The van der Waals surface area contributed by atoms with Crippen molar-refractivity contribution in [2.24, 2.45) is 0 Å². The summed E-state index contributed by atoms with van der Waals surface area (Å²) in [7, 11) is 0. The minimum atomic E-state index is -4.88. The molecule has 72 valence electrons. The maximum absolute atomic E-state index is 11.8. The summed E-state index contributed by atoms with van der Waals surface area (Å²) in [6, 6.07) is 0. The molecule has 0 radical (unpaired) electrons. The van der Waals surface area contributed by atoms with E-state index in [0.717, 1.165) is 10.9 Å². The van der Waals surface area contributed by atoms with Gasteiger partial charge in [-0.2, -0.15) is 13.2 Å². The summed E-state index contributed by atoms with van der Waals surface area (Å²) in [5.74, 6) is -1.97. The molecule has 1 heterocycles. The number of Topliss-reactive ketones (excluding diaryl/α,β-unsaturated/α-hetero) is 1. The monoisotopic (exact) mass is 193 g/mol. The smallest absolute Gasteiger partial charge is 0.282 e. The van der Waals surface area contributed by atoms with Gasteiger partial charge in [-0.05, 0) is 6.92 Å². The fourth-order valence-electron chi connectivity index (χ4n) is 0.702. The molecule has 0 aliphatic carbocycles. The van der Waals surface area contributed by atoms with Gasteiger partial charge in [-0.15, -0.1) is 5.10 Å². The molecule has 4 nitrogen and oxygen atoms in total. The van der Waals surface area contributed by atoms with Crippen molar-refractivity contribution in [1.29, 1.82) is 0 Å². The first-order valence-corrected chi connectivity index (χ1v) is 3.46. The first-order valence-electron chi connectivity index (χ1n) is 3.46. The van der Waals surface area contributed by atoms with Crippen molar-refractivity contribution in [3.05, 3.63) is 11.9 Å². The highest BCUT2D eigenvalue weighted by atomic mass is 19.4. The first-order chi connectivity index (χ1) is 5.95. The molecule has 0 unspecified atom stereocenters. The lowest BCUT2D eigenvalue weighted by Crippen LogP contribution is -2.23. The van der Waals surface area contributed by atoms with Crippen LogP contribution in [0.15, 0.2) is 6.20 Å². The van der Waals surface area contributed by atoms with Crippen LogP contribution >= 0.6 is 0 Å². The number of alkyl halides is 3.